The van der Waals surface area contributed by atoms with Crippen LogP contribution in [0.2, 0.25) is 0 Å². The Labute approximate surface area is 182 Å². The first-order valence-electron chi connectivity index (χ1n) is 10.2. The lowest BCUT2D eigenvalue weighted by molar-refractivity contribution is 0.479. The third-order valence-electron chi connectivity index (χ3n) is 4.55. The van der Waals surface area contributed by atoms with Crippen LogP contribution in [0.5, 0.6) is 11.5 Å². The Bertz CT molecular complexity index is 1120. The molecule has 0 amide bonds. The Morgan fingerprint density at radius 2 is 1.16 bits per heavy atom. The molecule has 0 aliphatic carbocycles. The first-order valence-corrected chi connectivity index (χ1v) is 10.2. The molecule has 0 heterocycles. The molecule has 0 aliphatic heterocycles. The fourth-order valence-corrected chi connectivity index (χ4v) is 3.02. The van der Waals surface area contributed by atoms with Gasteiger partial charge in [-0.15, -0.1) is 0 Å². The average molecular weight is 405 g/mol. The number of ether oxygens (including phenoxy) is 2. The van der Waals surface area contributed by atoms with E-state index in [0.717, 1.165) is 17.9 Å². The van der Waals surface area contributed by atoms with Gasteiger partial charge in [-0.1, -0.05) is 78.9 Å². The van der Waals surface area contributed by atoms with Gasteiger partial charge >= 0.3 is 0 Å². The Morgan fingerprint density at radius 3 is 1.81 bits per heavy atom. The molecule has 3 nitrogen and oxygen atoms in total. The third-order valence-corrected chi connectivity index (χ3v) is 4.55. The van der Waals surface area contributed by atoms with Gasteiger partial charge in [-0.05, 0) is 53.9 Å². The summed E-state index contributed by atoms with van der Waals surface area (Å²) >= 11 is 0. The number of rotatable bonds is 7. The highest BCUT2D eigenvalue weighted by Gasteiger charge is 2.02. The van der Waals surface area contributed by atoms with Crippen molar-refractivity contribution in [2.45, 2.75) is 6.42 Å². The Morgan fingerprint density at radius 1 is 0.613 bits per heavy atom. The normalized spacial score (nSPS) is 11.4. The van der Waals surface area contributed by atoms with Crippen molar-refractivity contribution >= 4 is 11.6 Å². The van der Waals surface area contributed by atoms with Crippen molar-refractivity contribution in [3.05, 3.63) is 139 Å². The molecule has 0 saturated carbocycles. The molecule has 0 spiro atoms. The monoisotopic (exact) mass is 405 g/mol. The van der Waals surface area contributed by atoms with E-state index in [2.05, 4.69) is 41.4 Å². The van der Waals surface area contributed by atoms with Gasteiger partial charge in [0.1, 0.15) is 11.5 Å². The molecular weight excluding hydrogens is 382 g/mol. The van der Waals surface area contributed by atoms with E-state index in [1.165, 1.54) is 11.1 Å². The molecule has 4 rings (SSSR count). The van der Waals surface area contributed by atoms with Crippen LogP contribution >= 0.6 is 0 Å². The highest BCUT2D eigenvalue weighted by molar-refractivity contribution is 5.91. The first-order chi connectivity index (χ1) is 15.3. The molecule has 4 aromatic carbocycles. The van der Waals surface area contributed by atoms with E-state index >= 15 is 0 Å². The predicted molar refractivity (Wildman–Crippen MR) is 126 cm³/mol. The summed E-state index contributed by atoms with van der Waals surface area (Å²) in [6.45, 7) is 0. The summed E-state index contributed by atoms with van der Waals surface area (Å²) in [4.78, 5) is 4.66. The summed E-state index contributed by atoms with van der Waals surface area (Å²) in [5, 5.41) is 0. The third kappa shape index (κ3) is 6.44. The highest BCUT2D eigenvalue weighted by atomic mass is 16.5. The Hall–Kier alpha value is -4.11. The predicted octanol–water partition coefficient (Wildman–Crippen LogP) is 6.98. The molecule has 4 aromatic rings. The molecule has 0 unspecified atom stereocenters. The maximum Gasteiger partial charge on any atom is 0.222 e. The SMILES string of the molecule is C(=CC(=Nc1ccc(Cc2ccccc2)cc1)Oc1ccccc1)Oc1ccccc1. The van der Waals surface area contributed by atoms with Gasteiger partial charge in [0.15, 0.2) is 0 Å². The van der Waals surface area contributed by atoms with Gasteiger partial charge in [0, 0.05) is 6.08 Å². The Balaban J connectivity index is 1.50. The number of para-hydroxylation sites is 2. The van der Waals surface area contributed by atoms with Crippen LogP contribution in [0, 0.1) is 0 Å². The van der Waals surface area contributed by atoms with E-state index in [9.17, 15) is 0 Å². The Kier molecular flexibility index (Phi) is 6.90. The van der Waals surface area contributed by atoms with Crippen LogP contribution in [0.1, 0.15) is 11.1 Å². The smallest absolute Gasteiger partial charge is 0.222 e. The summed E-state index contributed by atoms with van der Waals surface area (Å²) < 4.78 is 11.6. The molecule has 3 heteroatoms. The van der Waals surface area contributed by atoms with Crippen LogP contribution in [-0.4, -0.2) is 5.90 Å². The summed E-state index contributed by atoms with van der Waals surface area (Å²) in [6, 6.07) is 37.8. The van der Waals surface area contributed by atoms with Crippen LogP contribution in [0.15, 0.2) is 133 Å². The van der Waals surface area contributed by atoms with Crippen molar-refractivity contribution in [1.29, 1.82) is 0 Å². The molecule has 0 aliphatic rings. The number of aliphatic imine (C=N–C) groups is 1. The van der Waals surface area contributed by atoms with Crippen molar-refractivity contribution in [3.63, 3.8) is 0 Å². The van der Waals surface area contributed by atoms with Gasteiger partial charge in [-0.25, -0.2) is 4.99 Å². The van der Waals surface area contributed by atoms with Gasteiger partial charge in [-0.3, -0.25) is 0 Å². The fourth-order valence-electron chi connectivity index (χ4n) is 3.02. The summed E-state index contributed by atoms with van der Waals surface area (Å²) in [5.41, 5.74) is 3.33. The van der Waals surface area contributed by atoms with Crippen molar-refractivity contribution in [2.75, 3.05) is 0 Å². The van der Waals surface area contributed by atoms with E-state index in [4.69, 9.17) is 9.47 Å². The lowest BCUT2D eigenvalue weighted by atomic mass is 10.1. The number of hydrogen-bond donors (Lipinski definition) is 0. The number of benzene rings is 4. The molecule has 0 radical (unpaired) electrons. The summed E-state index contributed by atoms with van der Waals surface area (Å²) in [7, 11) is 0. The van der Waals surface area contributed by atoms with Crippen LogP contribution in [0.25, 0.3) is 0 Å². The average Bonchev–Trinajstić information content (AvgIpc) is 2.82. The minimum absolute atomic E-state index is 0.443. The van der Waals surface area contributed by atoms with E-state index in [-0.39, 0.29) is 0 Å². The molecule has 0 saturated heterocycles. The van der Waals surface area contributed by atoms with Crippen molar-refractivity contribution < 1.29 is 9.47 Å². The van der Waals surface area contributed by atoms with Crippen LogP contribution in [-0.2, 0) is 6.42 Å². The first kappa shape index (κ1) is 20.2. The molecule has 0 N–H and O–H groups in total. The van der Waals surface area contributed by atoms with Gasteiger partial charge < -0.3 is 9.47 Å². The minimum atomic E-state index is 0.443. The van der Waals surface area contributed by atoms with Gasteiger partial charge in [0.05, 0.1) is 11.9 Å². The second-order valence-electron chi connectivity index (χ2n) is 6.93. The van der Waals surface area contributed by atoms with E-state index < -0.39 is 0 Å². The minimum Gasteiger partial charge on any atom is -0.465 e. The molecule has 0 bridgehead atoms. The van der Waals surface area contributed by atoms with Gasteiger partial charge in [-0.2, -0.15) is 0 Å². The standard InChI is InChI=1S/C28H23NO2/c1-4-10-23(11-5-1)22-24-16-18-25(19-17-24)29-28(31-27-14-8-3-9-15-27)20-21-30-26-12-6-2-7-13-26/h1-21H,22H2. The maximum atomic E-state index is 5.97. The van der Waals surface area contributed by atoms with Gasteiger partial charge in [0.25, 0.3) is 0 Å². The zero-order valence-electron chi connectivity index (χ0n) is 17.1. The molecular formula is C28H23NO2. The van der Waals surface area contributed by atoms with Crippen molar-refractivity contribution in [1.82, 2.24) is 0 Å². The molecule has 152 valence electrons. The van der Waals surface area contributed by atoms with Gasteiger partial charge in [0.2, 0.25) is 5.90 Å². The lowest BCUT2D eigenvalue weighted by Crippen LogP contribution is -2.05. The van der Waals surface area contributed by atoms with E-state index in [0.29, 0.717) is 11.6 Å². The number of hydrogen-bond acceptors (Lipinski definition) is 3. The quantitative estimate of drug-likeness (QED) is 0.189. The molecule has 0 atom stereocenters. The maximum absolute atomic E-state index is 5.97. The number of nitrogens with zero attached hydrogens (tertiary/aromatic N) is 1. The van der Waals surface area contributed by atoms with E-state index in [1.54, 1.807) is 12.3 Å². The molecule has 0 aromatic heterocycles. The van der Waals surface area contributed by atoms with E-state index in [1.807, 2.05) is 78.9 Å². The molecule has 31 heavy (non-hydrogen) atoms. The molecule has 0 fully saturated rings. The van der Waals surface area contributed by atoms with Crippen molar-refractivity contribution in [3.8, 4) is 11.5 Å². The van der Waals surface area contributed by atoms with Crippen LogP contribution in [0.3, 0.4) is 0 Å². The fraction of sp³-hybridized carbons (Fsp3) is 0.0357. The highest BCUT2D eigenvalue weighted by Crippen LogP contribution is 2.18. The summed E-state index contributed by atoms with van der Waals surface area (Å²) in [6.07, 6.45) is 4.20. The van der Waals surface area contributed by atoms with Crippen LogP contribution in [0.4, 0.5) is 5.69 Å². The lowest BCUT2D eigenvalue weighted by Gasteiger charge is -2.07. The zero-order chi connectivity index (χ0) is 21.1. The largest absolute Gasteiger partial charge is 0.465 e. The zero-order valence-corrected chi connectivity index (χ0v) is 17.1. The topological polar surface area (TPSA) is 30.8 Å². The van der Waals surface area contributed by atoms with Crippen molar-refractivity contribution in [2.24, 2.45) is 4.99 Å². The second kappa shape index (κ2) is 10.6. The van der Waals surface area contributed by atoms with Crippen LogP contribution < -0.4 is 9.47 Å². The summed E-state index contributed by atoms with van der Waals surface area (Å²) in [5.74, 6) is 1.91. The second-order valence-corrected chi connectivity index (χ2v) is 6.93.